The average Bonchev–Trinajstić information content (AvgIpc) is 2.87. The molecule has 2 atom stereocenters. The zero-order valence-corrected chi connectivity index (χ0v) is 12.9. The van der Waals surface area contributed by atoms with Crippen LogP contribution in [-0.4, -0.2) is 61.3 Å². The molecule has 1 aromatic heterocycles. The second kappa shape index (κ2) is 5.95. The van der Waals surface area contributed by atoms with Gasteiger partial charge in [-0.3, -0.25) is 9.88 Å². The maximum absolute atomic E-state index is 5.47. The van der Waals surface area contributed by atoms with Crippen LogP contribution in [0, 0.1) is 0 Å². The molecule has 112 valence electrons. The van der Waals surface area contributed by atoms with Gasteiger partial charge in [0.25, 0.3) is 0 Å². The van der Waals surface area contributed by atoms with E-state index in [1.165, 1.54) is 0 Å². The minimum Gasteiger partial charge on any atom is -0.380 e. The Hall–Kier alpha value is -1.72. The summed E-state index contributed by atoms with van der Waals surface area (Å²) in [5.74, 6) is 0.919. The maximum Gasteiger partial charge on any atom is 0.147 e. The molecule has 1 aliphatic rings. The number of rotatable bonds is 4. The van der Waals surface area contributed by atoms with Gasteiger partial charge in [0.1, 0.15) is 5.82 Å². The predicted molar refractivity (Wildman–Crippen MR) is 84.6 cm³/mol. The zero-order chi connectivity index (χ0) is 14.8. The molecule has 0 spiro atoms. The summed E-state index contributed by atoms with van der Waals surface area (Å²) >= 11 is 0. The van der Waals surface area contributed by atoms with E-state index in [2.05, 4.69) is 28.9 Å². The number of likely N-dealkylation sites (tertiary alicyclic amines) is 1. The predicted octanol–water partition coefficient (Wildman–Crippen LogP) is 1.79. The first-order valence-corrected chi connectivity index (χ1v) is 7.33. The third-order valence-corrected chi connectivity index (χ3v) is 4.29. The van der Waals surface area contributed by atoms with E-state index in [4.69, 9.17) is 9.72 Å². The third-order valence-electron chi connectivity index (χ3n) is 4.29. The summed E-state index contributed by atoms with van der Waals surface area (Å²) in [5, 5.41) is 0. The Bertz CT molecular complexity index is 618. The van der Waals surface area contributed by atoms with E-state index in [-0.39, 0.29) is 0 Å². The van der Waals surface area contributed by atoms with E-state index >= 15 is 0 Å². The number of hydrogen-bond donors (Lipinski definition) is 0. The van der Waals surface area contributed by atoms with E-state index < -0.39 is 0 Å². The Morgan fingerprint density at radius 3 is 2.81 bits per heavy atom. The Morgan fingerprint density at radius 1 is 1.33 bits per heavy atom. The lowest BCUT2D eigenvalue weighted by molar-refractivity contribution is 0.111. The number of methoxy groups -OCH3 is 1. The second-order valence-electron chi connectivity index (χ2n) is 5.78. The van der Waals surface area contributed by atoms with E-state index in [9.17, 15) is 0 Å². The van der Waals surface area contributed by atoms with Crippen molar-refractivity contribution in [1.29, 1.82) is 0 Å². The van der Waals surface area contributed by atoms with Gasteiger partial charge in [-0.05, 0) is 25.6 Å². The summed E-state index contributed by atoms with van der Waals surface area (Å²) in [4.78, 5) is 13.7. The molecule has 0 unspecified atom stereocenters. The van der Waals surface area contributed by atoms with E-state index in [1.807, 2.05) is 30.5 Å². The minimum atomic E-state index is 0.344. The van der Waals surface area contributed by atoms with Gasteiger partial charge in [-0.2, -0.15) is 0 Å². The van der Waals surface area contributed by atoms with Gasteiger partial charge in [0.2, 0.25) is 0 Å². The maximum atomic E-state index is 5.47. The first kappa shape index (κ1) is 14.2. The van der Waals surface area contributed by atoms with Gasteiger partial charge in [-0.25, -0.2) is 4.98 Å². The smallest absolute Gasteiger partial charge is 0.147 e. The van der Waals surface area contributed by atoms with Gasteiger partial charge in [0.05, 0.1) is 23.3 Å². The molecule has 21 heavy (non-hydrogen) atoms. The summed E-state index contributed by atoms with van der Waals surface area (Å²) in [7, 11) is 6.02. The molecular weight excluding hydrogens is 264 g/mol. The molecule has 0 N–H and O–H groups in total. The topological polar surface area (TPSA) is 41.5 Å². The lowest BCUT2D eigenvalue weighted by Gasteiger charge is -2.26. The number of nitrogens with zero attached hydrogens (tertiary/aromatic N) is 4. The van der Waals surface area contributed by atoms with E-state index in [0.29, 0.717) is 12.1 Å². The number of anilines is 1. The normalized spacial score (nSPS) is 22.8. The molecule has 2 aromatic rings. The van der Waals surface area contributed by atoms with Gasteiger partial charge in [-0.15, -0.1) is 0 Å². The SMILES string of the molecule is CO[C@H]1C[C@@H](CN(C)c2cnc3ccccc3n2)N(C)C1. The first-order valence-electron chi connectivity index (χ1n) is 7.33. The Labute approximate surface area is 125 Å². The minimum absolute atomic E-state index is 0.344. The van der Waals surface area contributed by atoms with Gasteiger partial charge in [0, 0.05) is 33.3 Å². The molecule has 1 aromatic carbocycles. The highest BCUT2D eigenvalue weighted by molar-refractivity contribution is 5.75. The van der Waals surface area contributed by atoms with Crippen molar-refractivity contribution < 1.29 is 4.74 Å². The van der Waals surface area contributed by atoms with Crippen molar-refractivity contribution in [2.24, 2.45) is 0 Å². The molecule has 2 heterocycles. The molecular formula is C16H22N4O. The van der Waals surface area contributed by atoms with Crippen LogP contribution in [0.5, 0.6) is 0 Å². The third kappa shape index (κ3) is 2.99. The van der Waals surface area contributed by atoms with E-state index in [1.54, 1.807) is 7.11 Å². The van der Waals surface area contributed by atoms with Crippen molar-refractivity contribution in [2.45, 2.75) is 18.6 Å². The van der Waals surface area contributed by atoms with Gasteiger partial charge < -0.3 is 9.64 Å². The van der Waals surface area contributed by atoms with Crippen LogP contribution in [-0.2, 0) is 4.74 Å². The summed E-state index contributed by atoms with van der Waals surface area (Å²) in [6.07, 6.45) is 3.26. The van der Waals surface area contributed by atoms with Gasteiger partial charge >= 0.3 is 0 Å². The second-order valence-corrected chi connectivity index (χ2v) is 5.78. The molecule has 0 saturated carbocycles. The Kier molecular flexibility index (Phi) is 4.03. The molecule has 5 heteroatoms. The van der Waals surface area contributed by atoms with Crippen molar-refractivity contribution in [2.75, 3.05) is 39.2 Å². The summed E-state index contributed by atoms with van der Waals surface area (Å²) < 4.78 is 5.47. The zero-order valence-electron chi connectivity index (χ0n) is 12.9. The highest BCUT2D eigenvalue weighted by Crippen LogP contribution is 2.21. The van der Waals surface area contributed by atoms with Crippen LogP contribution < -0.4 is 4.90 Å². The molecule has 1 fully saturated rings. The van der Waals surface area contributed by atoms with Crippen molar-refractivity contribution >= 4 is 16.9 Å². The summed E-state index contributed by atoms with van der Waals surface area (Å²) in [5.41, 5.74) is 1.88. The van der Waals surface area contributed by atoms with E-state index in [0.717, 1.165) is 36.4 Å². The van der Waals surface area contributed by atoms with Gasteiger partial charge in [-0.1, -0.05) is 12.1 Å². The fraction of sp³-hybridized carbons (Fsp3) is 0.500. The highest BCUT2D eigenvalue weighted by atomic mass is 16.5. The fourth-order valence-electron chi connectivity index (χ4n) is 2.95. The Morgan fingerprint density at radius 2 is 2.10 bits per heavy atom. The molecule has 1 saturated heterocycles. The highest BCUT2D eigenvalue weighted by Gasteiger charge is 2.30. The number of likely N-dealkylation sites (N-methyl/N-ethyl adjacent to an activating group) is 2. The number of ether oxygens (including phenoxy) is 1. The first-order chi connectivity index (χ1) is 10.2. The summed E-state index contributed by atoms with van der Waals surface area (Å²) in [6.45, 7) is 1.93. The van der Waals surface area contributed by atoms with Crippen LogP contribution in [0.1, 0.15) is 6.42 Å². The van der Waals surface area contributed by atoms with Crippen molar-refractivity contribution in [3.63, 3.8) is 0 Å². The van der Waals surface area contributed by atoms with Gasteiger partial charge in [0.15, 0.2) is 0 Å². The average molecular weight is 286 g/mol. The summed E-state index contributed by atoms with van der Waals surface area (Å²) in [6, 6.07) is 8.46. The largest absolute Gasteiger partial charge is 0.380 e. The fourth-order valence-corrected chi connectivity index (χ4v) is 2.95. The molecule has 0 bridgehead atoms. The van der Waals surface area contributed by atoms with Crippen LogP contribution in [0.25, 0.3) is 11.0 Å². The molecule has 3 rings (SSSR count). The molecule has 0 radical (unpaired) electrons. The lowest BCUT2D eigenvalue weighted by atomic mass is 10.2. The van der Waals surface area contributed by atoms with Crippen LogP contribution in [0.15, 0.2) is 30.5 Å². The van der Waals surface area contributed by atoms with Crippen molar-refractivity contribution in [3.05, 3.63) is 30.5 Å². The number of benzene rings is 1. The van der Waals surface area contributed by atoms with Crippen LogP contribution in [0.4, 0.5) is 5.82 Å². The molecule has 0 amide bonds. The molecule has 1 aliphatic heterocycles. The standard InChI is InChI=1S/C16H22N4O/c1-19-11-13(21-3)8-12(19)10-20(2)16-9-17-14-6-4-5-7-15(14)18-16/h4-7,9,12-13H,8,10-11H2,1-3H3/t12-,13-/m0/s1. The number of hydrogen-bond acceptors (Lipinski definition) is 5. The van der Waals surface area contributed by atoms with Crippen LogP contribution >= 0.6 is 0 Å². The number of aromatic nitrogens is 2. The number of fused-ring (bicyclic) bond motifs is 1. The Balaban J connectivity index is 1.73. The van der Waals surface area contributed by atoms with Crippen molar-refractivity contribution in [3.8, 4) is 0 Å². The van der Waals surface area contributed by atoms with Crippen LogP contribution in [0.3, 0.4) is 0 Å². The quantitative estimate of drug-likeness (QED) is 0.857. The van der Waals surface area contributed by atoms with Crippen LogP contribution in [0.2, 0.25) is 0 Å². The number of para-hydroxylation sites is 2. The molecule has 0 aliphatic carbocycles. The molecule has 5 nitrogen and oxygen atoms in total. The monoisotopic (exact) mass is 286 g/mol. The lowest BCUT2D eigenvalue weighted by Crippen LogP contribution is -2.37. The van der Waals surface area contributed by atoms with Crippen molar-refractivity contribution in [1.82, 2.24) is 14.9 Å².